The number of hydrogen-bond acceptors (Lipinski definition) is 19. The van der Waals surface area contributed by atoms with Crippen LogP contribution in [0.3, 0.4) is 0 Å². The Balaban J connectivity index is 0.000000339. The number of halogens is 6. The van der Waals surface area contributed by atoms with E-state index in [1.807, 2.05) is 182 Å². The number of carboxylic acid groups (broad SMARTS) is 1. The van der Waals surface area contributed by atoms with E-state index in [1.54, 1.807) is 9.13 Å². The largest absolute Gasteiger partial charge is 1.00 e. The first-order valence-corrected chi connectivity index (χ1v) is 46.0. The van der Waals surface area contributed by atoms with E-state index in [9.17, 15) is 54.3 Å². The third-order valence-electron chi connectivity index (χ3n) is 21.8. The molecule has 660 valence electrons. The molecule has 12 N–H and O–H groups in total. The van der Waals surface area contributed by atoms with Gasteiger partial charge in [-0.2, -0.15) is 105 Å². The molecule has 6 aromatic heterocycles. The molecular weight excluding hydrogens is 2080 g/mol. The zero-order valence-electron chi connectivity index (χ0n) is 74.0. The summed E-state index contributed by atoms with van der Waals surface area (Å²) in [7, 11) is 4.15. The van der Waals surface area contributed by atoms with E-state index < -0.39 is 37.0 Å². The Morgan fingerprint density at radius 3 is 1.08 bits per heavy atom. The quantitative estimate of drug-likeness (QED) is 0.0373. The third-order valence-corrected chi connectivity index (χ3v) is 22.0. The van der Waals surface area contributed by atoms with Crippen LogP contribution in [0.15, 0.2) is 171 Å². The summed E-state index contributed by atoms with van der Waals surface area (Å²) in [5, 5.41) is 65.2. The summed E-state index contributed by atoms with van der Waals surface area (Å²) < 4.78 is 1.12. The first kappa shape index (κ1) is 117. The second-order valence-electron chi connectivity index (χ2n) is 31.1. The van der Waals surface area contributed by atoms with Crippen LogP contribution in [0.2, 0.25) is 0 Å². The summed E-state index contributed by atoms with van der Waals surface area (Å²) in [5.74, 6) is -1.71. The number of carboxylic acids is 1. The predicted octanol–water partition coefficient (Wildman–Crippen LogP) is 6.85. The van der Waals surface area contributed by atoms with Gasteiger partial charge >= 0.3 is 298 Å². The number of aromatic amines is 3. The van der Waals surface area contributed by atoms with Gasteiger partial charge in [-0.05, 0) is 79.9 Å². The van der Waals surface area contributed by atoms with Gasteiger partial charge in [-0.15, -0.1) is 44.5 Å². The molecule has 0 bridgehead atoms. The topological polar surface area (TPSA) is 441 Å². The number of fused-ring (bicyclic) bond motifs is 12. The van der Waals surface area contributed by atoms with Crippen molar-refractivity contribution >= 4 is 82.4 Å². The average molecular weight is 2180 g/mol. The number of rotatable bonds is 11. The van der Waals surface area contributed by atoms with Crippen LogP contribution in [0.1, 0.15) is 169 Å². The molecule has 0 fully saturated rings. The molecule has 4 aliphatic rings. The van der Waals surface area contributed by atoms with Crippen molar-refractivity contribution < 1.29 is 290 Å². The van der Waals surface area contributed by atoms with Crippen molar-refractivity contribution in [1.82, 2.24) is 53.9 Å². The van der Waals surface area contributed by atoms with E-state index in [2.05, 4.69) is 105 Å². The SMILES string of the molecule is CC(C)N(C)C.Cc1[c-]cc2c(c1)-c1[nH]c(=O)c(-c3ncn[nH]3)c(O)c1C(C)C2.Cc1[c-]cc2c(c1)-c1c(c(O)c(-c3ncn[nH]3)c(=O)n1Cc1ccccc1)C(C)C2.Cc1[c-]cc2c(c1)-c1c(c(O)c(C(=O)Cl)c(=O)n1Cc1ccccc1)C(C)C2.Cc1[c-]cc2c(c1)-c1c(c(O)c(C(=O)O)c(=O)n1Cc1ccccc1)C(C)C2.ClP(Cl)(Cl)(Cl)Cl.[OH-].[OH-].[OH-].[OH-].[Rb+].[Rb+].[Rb+].[Rb+]. The molecule has 17 rings (SSSR count). The molecule has 0 saturated heterocycles. The maximum absolute atomic E-state index is 13.7. The Bertz CT molecular complexity index is 6180. The number of aromatic nitrogens is 10. The van der Waals surface area contributed by atoms with Crippen molar-refractivity contribution in [1.29, 1.82) is 0 Å². The summed E-state index contributed by atoms with van der Waals surface area (Å²) in [6, 6.07) is 58.2. The average Bonchev–Trinajstić information content (AvgIpc) is 0.989. The van der Waals surface area contributed by atoms with Gasteiger partial charge in [-0.1, -0.05) is 172 Å². The van der Waals surface area contributed by atoms with Crippen LogP contribution in [0.4, 0.5) is 0 Å². The molecule has 4 atom stereocenters. The van der Waals surface area contributed by atoms with E-state index in [0.29, 0.717) is 53.6 Å². The second kappa shape index (κ2) is 50.5. The number of carbonyl (C=O) groups excluding carboxylic acids is 1. The number of carbonyl (C=O) groups is 2. The smallest absolute Gasteiger partial charge is 0.870 e. The second-order valence-corrected chi connectivity index (χ2v) is 48.1. The summed E-state index contributed by atoms with van der Waals surface area (Å²) in [5.41, 5.74) is 17.4. The van der Waals surface area contributed by atoms with Gasteiger partial charge in [0.1, 0.15) is 52.3 Å². The van der Waals surface area contributed by atoms with E-state index in [4.69, 9.17) is 67.8 Å². The van der Waals surface area contributed by atoms with Gasteiger partial charge in [0.05, 0.1) is 19.6 Å². The van der Waals surface area contributed by atoms with E-state index >= 15 is 0 Å². The third kappa shape index (κ3) is 27.8. The summed E-state index contributed by atoms with van der Waals surface area (Å²) >= 11 is 30.6. The van der Waals surface area contributed by atoms with Crippen LogP contribution in [0.5, 0.6) is 23.0 Å². The van der Waals surface area contributed by atoms with Crippen molar-refractivity contribution in [3.63, 3.8) is 0 Å². The molecular formula is C92H92Cl6N11O15PRb4-4. The zero-order chi connectivity index (χ0) is 87.6. The Hall–Kier alpha value is -3.85. The van der Waals surface area contributed by atoms with Crippen LogP contribution in [0, 0.1) is 52.0 Å². The molecule has 0 amide bonds. The van der Waals surface area contributed by atoms with E-state index in [1.165, 1.54) is 17.2 Å². The maximum Gasteiger partial charge on any atom is 1.00 e. The van der Waals surface area contributed by atoms with Crippen molar-refractivity contribution in [3.05, 3.63) is 312 Å². The fourth-order valence-electron chi connectivity index (χ4n) is 15.8. The zero-order valence-corrected chi connectivity index (χ0v) is 99.1. The van der Waals surface area contributed by atoms with Gasteiger partial charge in [-0.3, -0.25) is 34.2 Å². The van der Waals surface area contributed by atoms with Crippen LogP contribution < -0.4 is 255 Å². The number of aromatic carboxylic acids is 1. The summed E-state index contributed by atoms with van der Waals surface area (Å²) in [6.45, 7) is 21.1. The molecule has 0 spiro atoms. The first-order chi connectivity index (χ1) is 57.2. The Kier molecular flexibility index (Phi) is 46.0. The number of aryl methyl sites for hydroxylation is 4. The van der Waals surface area contributed by atoms with Crippen molar-refractivity contribution in [2.45, 2.75) is 144 Å². The van der Waals surface area contributed by atoms with E-state index in [0.717, 1.165) is 113 Å². The van der Waals surface area contributed by atoms with Gasteiger partial charge in [0.2, 0.25) is 0 Å². The van der Waals surface area contributed by atoms with E-state index in [-0.39, 0.29) is 348 Å². The summed E-state index contributed by atoms with van der Waals surface area (Å²) in [4.78, 5) is 89.4. The normalized spacial score (nSPS) is 14.2. The molecule has 129 heavy (non-hydrogen) atoms. The number of aromatic hydroxyl groups is 4. The fourth-order valence-corrected chi connectivity index (χ4v) is 15.9. The monoisotopic (exact) mass is 2170 g/mol. The first-order valence-electron chi connectivity index (χ1n) is 38.8. The van der Waals surface area contributed by atoms with Gasteiger partial charge in [0.25, 0.3) is 27.5 Å². The molecule has 0 aliphatic heterocycles. The molecule has 0 radical (unpaired) electrons. The standard InChI is InChI=1S/C24H21N4O2.C23H19ClNO3.C23H20NO4.C17H15N4O2.C5H13N.Cl5P.4H2O.4Rb/c1-14-8-9-17-11-15(2)19-21(18(17)10-14)28(12-16-6-4-3-5-7-16)24(30)20(22(19)29)23-25-13-26-27-23;1-13-8-9-16-11-14(2)18-20(17(16)10-13)25(12-15-6-4-3-5-7-15)23(28)19(21(18)26)22(24)27;1-13-8-9-16-11-14(2)18-20(17(16)10-13)24(12-15-6-4-3-5-7-15)22(26)19(21(18)25)23(27)28;1-8-3-4-10-6-9(2)12-14(11(10)5-8)20-17(23)13(15(12)22)16-18-7-19-21-16;1-5(2)6(3)4;1-6(2,3,4)5;;;;;;;;/h3-7,9-10,13,15,29H,11-12H2,1-2H3,(H,25,26,27);3-7,9-10,14,26H,11-12H2,1-2H3;3-7,9-10,14,25H,11-12H2,1-2H3,(H,27,28);4-5,7,9H,6H2,1-2H3,(H,18,19,21)(H2,20,22,23);5H,1-4H3;;4*1H2;;;;/q4*-1;;;;;;;4*+1/p-4. The molecule has 6 heterocycles. The van der Waals surface area contributed by atoms with Crippen molar-refractivity contribution in [2.24, 2.45) is 0 Å². The number of nitrogens with one attached hydrogen (secondary N) is 3. The van der Waals surface area contributed by atoms with Crippen molar-refractivity contribution in [2.75, 3.05) is 14.1 Å². The molecule has 4 aliphatic carbocycles. The Morgan fingerprint density at radius 1 is 0.473 bits per heavy atom. The Morgan fingerprint density at radius 2 is 0.760 bits per heavy atom. The van der Waals surface area contributed by atoms with Gasteiger partial charge in [0, 0.05) is 51.1 Å². The number of H-pyrrole nitrogens is 3. The molecule has 0 saturated carbocycles. The minimum absolute atomic E-state index is 0. The molecule has 26 nitrogen and oxygen atoms in total. The summed E-state index contributed by atoms with van der Waals surface area (Å²) in [6.07, 6.45) is 5.54. The predicted molar refractivity (Wildman–Crippen MR) is 488 cm³/mol. The fraction of sp³-hybridized carbons (Fsp3) is 0.261. The van der Waals surface area contributed by atoms with Gasteiger partial charge in [0.15, 0.2) is 17.2 Å². The van der Waals surface area contributed by atoms with Crippen LogP contribution in [-0.2, 0) is 45.3 Å². The molecule has 4 unspecified atom stereocenters. The molecule has 13 aromatic rings. The molecule has 37 heteroatoms. The maximum atomic E-state index is 13.7. The molecule has 7 aromatic carbocycles. The van der Waals surface area contributed by atoms with Gasteiger partial charge < -0.3 is 71.0 Å². The minimum atomic E-state index is -3.69. The van der Waals surface area contributed by atoms with Crippen LogP contribution in [0.25, 0.3) is 67.8 Å². The number of benzene rings is 7. The van der Waals surface area contributed by atoms with Crippen LogP contribution >= 0.6 is 71.2 Å². The van der Waals surface area contributed by atoms with Crippen molar-refractivity contribution in [3.8, 4) is 90.8 Å². The number of pyridine rings is 4. The van der Waals surface area contributed by atoms with Gasteiger partial charge in [-0.25, -0.2) is 14.8 Å². The number of nitrogens with zero attached hydrogens (tertiary/aromatic N) is 8. The minimum Gasteiger partial charge on any atom is -0.870 e. The van der Waals surface area contributed by atoms with Crippen LogP contribution in [-0.4, -0.2) is 133 Å². The number of hydrogen-bond donors (Lipinski definition) is 8. The Labute approximate surface area is 971 Å².